The summed E-state index contributed by atoms with van der Waals surface area (Å²) >= 11 is 0. The summed E-state index contributed by atoms with van der Waals surface area (Å²) in [4.78, 5) is 25.0. The van der Waals surface area contributed by atoms with Crippen LogP contribution >= 0.6 is 0 Å². The van der Waals surface area contributed by atoms with Gasteiger partial charge in [-0.2, -0.15) is 5.10 Å². The van der Waals surface area contributed by atoms with Gasteiger partial charge in [-0.05, 0) is 30.5 Å². The van der Waals surface area contributed by atoms with Gasteiger partial charge in [-0.25, -0.2) is 5.43 Å². The van der Waals surface area contributed by atoms with E-state index in [9.17, 15) is 9.59 Å². The number of nitrogens with one attached hydrogen (secondary N) is 1. The molecule has 1 N–H and O–H groups in total. The van der Waals surface area contributed by atoms with Crippen LogP contribution in [0.1, 0.15) is 18.4 Å². The molecule has 1 fully saturated rings. The van der Waals surface area contributed by atoms with Gasteiger partial charge in [-0.3, -0.25) is 9.59 Å². The second-order valence-corrected chi connectivity index (χ2v) is 4.87. The van der Waals surface area contributed by atoms with Crippen LogP contribution in [0.3, 0.4) is 0 Å². The maximum atomic E-state index is 11.8. The first-order valence-corrected chi connectivity index (χ1v) is 7.17. The molecule has 116 valence electrons. The Morgan fingerprint density at radius 1 is 1.36 bits per heavy atom. The van der Waals surface area contributed by atoms with E-state index in [0.717, 1.165) is 18.4 Å². The molecule has 0 aromatic heterocycles. The van der Waals surface area contributed by atoms with Gasteiger partial charge in [-0.15, -0.1) is 0 Å². The molecule has 1 saturated heterocycles. The number of carbonyl (C=O) groups is 2. The largest absolute Gasteiger partial charge is 0.490 e. The van der Waals surface area contributed by atoms with Crippen molar-refractivity contribution >= 4 is 18.0 Å². The van der Waals surface area contributed by atoms with Gasteiger partial charge in [0.05, 0.1) is 6.21 Å². The Kier molecular flexibility index (Phi) is 5.71. The molecule has 0 unspecified atom stereocenters. The van der Waals surface area contributed by atoms with Gasteiger partial charge in [0.1, 0.15) is 12.4 Å². The first-order valence-electron chi connectivity index (χ1n) is 7.17. The molecule has 0 bridgehead atoms. The molecule has 2 rings (SSSR count). The van der Waals surface area contributed by atoms with Crippen molar-refractivity contribution < 1.29 is 14.3 Å². The third-order valence-electron chi connectivity index (χ3n) is 3.19. The van der Waals surface area contributed by atoms with Crippen molar-refractivity contribution in [3.8, 4) is 5.75 Å². The van der Waals surface area contributed by atoms with Crippen LogP contribution in [0.25, 0.3) is 0 Å². The second-order valence-electron chi connectivity index (χ2n) is 4.87. The summed E-state index contributed by atoms with van der Waals surface area (Å²) in [6.07, 6.45) is 5.01. The molecule has 6 heteroatoms. The summed E-state index contributed by atoms with van der Waals surface area (Å²) in [6.45, 7) is 5.27. The minimum Gasteiger partial charge on any atom is -0.490 e. The monoisotopic (exact) mass is 301 g/mol. The molecular weight excluding hydrogens is 282 g/mol. The predicted octanol–water partition coefficient (Wildman–Crippen LogP) is 1.32. The lowest BCUT2D eigenvalue weighted by molar-refractivity contribution is -0.145. The summed E-state index contributed by atoms with van der Waals surface area (Å²) in [6, 6.07) is 7.23. The number of hydrogen-bond donors (Lipinski definition) is 1. The van der Waals surface area contributed by atoms with Crippen LogP contribution in [0.15, 0.2) is 42.0 Å². The zero-order chi connectivity index (χ0) is 15.8. The van der Waals surface area contributed by atoms with Crippen molar-refractivity contribution in [3.63, 3.8) is 0 Å². The molecule has 2 amide bonds. The topological polar surface area (TPSA) is 71.0 Å². The van der Waals surface area contributed by atoms with E-state index in [4.69, 9.17) is 4.74 Å². The van der Waals surface area contributed by atoms with E-state index in [1.807, 2.05) is 18.2 Å². The fraction of sp³-hybridized carbons (Fsp3) is 0.312. The highest BCUT2D eigenvalue weighted by Crippen LogP contribution is 2.12. The standard InChI is InChI=1S/C16H19N3O3/c1-2-10-22-14-7-5-6-13(11-14)12-17-18-15(20)16(21)19-8-3-4-9-19/h2,5-7,11-12H,1,3-4,8-10H2,(H,18,20)/b17-12-. The van der Waals surface area contributed by atoms with Crippen LogP contribution in [0, 0.1) is 0 Å². The molecule has 0 atom stereocenters. The lowest BCUT2D eigenvalue weighted by Crippen LogP contribution is -2.39. The Morgan fingerprint density at radius 2 is 2.14 bits per heavy atom. The van der Waals surface area contributed by atoms with Crippen LogP contribution in [-0.2, 0) is 9.59 Å². The van der Waals surface area contributed by atoms with Gasteiger partial charge < -0.3 is 9.64 Å². The fourth-order valence-corrected chi connectivity index (χ4v) is 2.12. The quantitative estimate of drug-likeness (QED) is 0.386. The molecule has 0 spiro atoms. The highest BCUT2D eigenvalue weighted by Gasteiger charge is 2.23. The van der Waals surface area contributed by atoms with E-state index < -0.39 is 11.8 Å². The number of ether oxygens (including phenoxy) is 1. The smallest absolute Gasteiger partial charge is 0.329 e. The average Bonchev–Trinajstić information content (AvgIpc) is 3.07. The third-order valence-corrected chi connectivity index (χ3v) is 3.19. The van der Waals surface area contributed by atoms with Crippen LogP contribution < -0.4 is 10.2 Å². The second kappa shape index (κ2) is 7.97. The lowest BCUT2D eigenvalue weighted by Gasteiger charge is -2.12. The van der Waals surface area contributed by atoms with Gasteiger partial charge in [0.25, 0.3) is 0 Å². The molecule has 0 saturated carbocycles. The minimum absolute atomic E-state index is 0.418. The van der Waals surface area contributed by atoms with Gasteiger partial charge in [0, 0.05) is 13.1 Å². The first kappa shape index (κ1) is 15.8. The number of amides is 2. The summed E-state index contributed by atoms with van der Waals surface area (Å²) in [5, 5.41) is 3.81. The molecule has 1 aliphatic heterocycles. The Balaban J connectivity index is 1.87. The Morgan fingerprint density at radius 3 is 2.86 bits per heavy atom. The number of carbonyl (C=O) groups excluding carboxylic acids is 2. The number of hydrogen-bond acceptors (Lipinski definition) is 4. The van der Waals surface area contributed by atoms with Crippen molar-refractivity contribution in [2.75, 3.05) is 19.7 Å². The van der Waals surface area contributed by atoms with Crippen molar-refractivity contribution in [2.24, 2.45) is 5.10 Å². The van der Waals surface area contributed by atoms with Crippen molar-refractivity contribution in [1.29, 1.82) is 0 Å². The normalized spacial score (nSPS) is 14.1. The van der Waals surface area contributed by atoms with E-state index in [0.29, 0.717) is 25.4 Å². The zero-order valence-electron chi connectivity index (χ0n) is 12.3. The van der Waals surface area contributed by atoms with Crippen molar-refractivity contribution in [3.05, 3.63) is 42.5 Å². The maximum Gasteiger partial charge on any atom is 0.329 e. The summed E-state index contributed by atoms with van der Waals surface area (Å²) < 4.78 is 5.40. The minimum atomic E-state index is -0.711. The van der Waals surface area contributed by atoms with Gasteiger partial charge in [0.2, 0.25) is 0 Å². The summed E-state index contributed by atoms with van der Waals surface area (Å²) in [5.74, 6) is -0.557. The Hall–Kier alpha value is -2.63. The van der Waals surface area contributed by atoms with Crippen LogP contribution in [0.4, 0.5) is 0 Å². The number of rotatable bonds is 5. The average molecular weight is 301 g/mol. The van der Waals surface area contributed by atoms with E-state index in [1.54, 1.807) is 12.1 Å². The van der Waals surface area contributed by atoms with Crippen LogP contribution in [0.2, 0.25) is 0 Å². The van der Waals surface area contributed by atoms with E-state index in [1.165, 1.54) is 11.1 Å². The Bertz CT molecular complexity index is 578. The molecule has 0 radical (unpaired) electrons. The van der Waals surface area contributed by atoms with Gasteiger partial charge in [-0.1, -0.05) is 24.8 Å². The SMILES string of the molecule is C=CCOc1cccc(/C=N\NC(=O)C(=O)N2CCCC2)c1. The molecule has 1 heterocycles. The molecule has 1 aromatic carbocycles. The molecule has 1 aromatic rings. The van der Waals surface area contributed by atoms with Gasteiger partial charge >= 0.3 is 11.8 Å². The number of benzene rings is 1. The van der Waals surface area contributed by atoms with Crippen molar-refractivity contribution in [1.82, 2.24) is 10.3 Å². The highest BCUT2D eigenvalue weighted by molar-refractivity contribution is 6.35. The Labute approximate surface area is 129 Å². The van der Waals surface area contributed by atoms with E-state index >= 15 is 0 Å². The first-order chi connectivity index (χ1) is 10.7. The molecule has 22 heavy (non-hydrogen) atoms. The van der Waals surface area contributed by atoms with Crippen molar-refractivity contribution in [2.45, 2.75) is 12.8 Å². The van der Waals surface area contributed by atoms with Crippen LogP contribution in [0.5, 0.6) is 5.75 Å². The summed E-state index contributed by atoms with van der Waals surface area (Å²) in [5.41, 5.74) is 3.01. The summed E-state index contributed by atoms with van der Waals surface area (Å²) in [7, 11) is 0. The zero-order valence-corrected chi connectivity index (χ0v) is 12.3. The molecular formula is C16H19N3O3. The number of nitrogens with zero attached hydrogens (tertiary/aromatic N) is 2. The van der Waals surface area contributed by atoms with E-state index in [-0.39, 0.29) is 0 Å². The highest BCUT2D eigenvalue weighted by atomic mass is 16.5. The van der Waals surface area contributed by atoms with E-state index in [2.05, 4.69) is 17.1 Å². The van der Waals surface area contributed by atoms with Crippen LogP contribution in [-0.4, -0.2) is 42.6 Å². The van der Waals surface area contributed by atoms with Gasteiger partial charge in [0.15, 0.2) is 0 Å². The number of hydrazone groups is 1. The fourth-order valence-electron chi connectivity index (χ4n) is 2.12. The molecule has 6 nitrogen and oxygen atoms in total. The molecule has 1 aliphatic rings. The maximum absolute atomic E-state index is 11.8. The third kappa shape index (κ3) is 4.44. The lowest BCUT2D eigenvalue weighted by atomic mass is 10.2. The molecule has 0 aliphatic carbocycles. The predicted molar refractivity (Wildman–Crippen MR) is 83.7 cm³/mol. The number of likely N-dealkylation sites (tertiary alicyclic amines) is 1.